The van der Waals surface area contributed by atoms with Gasteiger partial charge in [0.1, 0.15) is 23.7 Å². The van der Waals surface area contributed by atoms with Crippen LogP contribution in [-0.2, 0) is 39.7 Å². The van der Waals surface area contributed by atoms with Crippen LogP contribution in [0.4, 0.5) is 13.2 Å². The van der Waals surface area contributed by atoms with Crippen LogP contribution in [0.15, 0.2) is 59.5 Å². The lowest BCUT2D eigenvalue weighted by Gasteiger charge is -2.43. The van der Waals surface area contributed by atoms with Gasteiger partial charge in [-0.2, -0.15) is 18.3 Å². The number of Topliss-reactive ketones (excluding diaryl/α,β-unsaturated/α-hetero) is 1. The molecule has 2 saturated heterocycles. The van der Waals surface area contributed by atoms with Gasteiger partial charge in [0.25, 0.3) is 11.8 Å². The molecular formula is C38H40ClF3N6O10S. The Morgan fingerprint density at radius 1 is 1.02 bits per heavy atom. The molecule has 5 rings (SSSR count). The minimum absolute atomic E-state index is 0.0157. The Morgan fingerprint density at radius 3 is 2.32 bits per heavy atom. The van der Waals surface area contributed by atoms with Crippen molar-refractivity contribution < 1.29 is 61.3 Å². The van der Waals surface area contributed by atoms with Crippen molar-refractivity contribution in [2.45, 2.75) is 87.7 Å². The number of hydrogen-bond acceptors (Lipinski definition) is 11. The molecule has 3 aromatic rings. The predicted molar refractivity (Wildman–Crippen MR) is 203 cm³/mol. The lowest BCUT2D eigenvalue weighted by atomic mass is 10.0. The van der Waals surface area contributed by atoms with Gasteiger partial charge in [0.05, 0.1) is 17.9 Å². The first kappa shape index (κ1) is 44.5. The van der Waals surface area contributed by atoms with Crippen LogP contribution in [0.25, 0.3) is 5.69 Å². The van der Waals surface area contributed by atoms with Gasteiger partial charge in [-0.3, -0.25) is 38.6 Å². The van der Waals surface area contributed by atoms with Crippen molar-refractivity contribution in [1.82, 2.24) is 30.4 Å². The maximum atomic E-state index is 14.1. The van der Waals surface area contributed by atoms with Gasteiger partial charge in [0.15, 0.2) is 18.1 Å². The molecule has 3 heterocycles. The van der Waals surface area contributed by atoms with E-state index in [-0.39, 0.29) is 49.2 Å². The first-order valence-electron chi connectivity index (χ1n) is 18.2. The minimum atomic E-state index is -4.88. The molecule has 4 amide bonds. The standard InChI is InChI=1S/C38H40ClF3N6O10S/c1-37(2,3)58-33(53)17-26(28(49)19-57-31-18-29(38(40,41)42)45-47(31)23-10-8-22(39)9-11-23)44-35(55)27-5-4-16-46-30(50)15-14-25(36(56)48(27)46)43-34(54)21-6-12-24(13-7-21)59-20-32(51)52/h6-13,18,25-27H,4-5,14-17,19-20H2,1-3H3,(H,43,54)(H,44,55)(H,51,52)/t25-,26-,27-/m0/s1. The molecule has 316 valence electrons. The van der Waals surface area contributed by atoms with Gasteiger partial charge in [-0.1, -0.05) is 11.6 Å². The Balaban J connectivity index is 1.35. The Kier molecular flexibility index (Phi) is 14.0. The molecule has 0 aliphatic carbocycles. The Labute approximate surface area is 344 Å². The second-order valence-corrected chi connectivity index (χ2v) is 16.0. The molecule has 16 nitrogen and oxygen atoms in total. The summed E-state index contributed by atoms with van der Waals surface area (Å²) in [5.41, 5.74) is -2.07. The number of aliphatic carboxylic acids is 1. The van der Waals surface area contributed by atoms with Crippen molar-refractivity contribution >= 4 is 64.7 Å². The number of hydrogen-bond donors (Lipinski definition) is 3. The number of carbonyl (C=O) groups excluding carboxylic acids is 6. The molecule has 3 N–H and O–H groups in total. The maximum Gasteiger partial charge on any atom is 0.435 e. The largest absolute Gasteiger partial charge is 0.481 e. The molecule has 0 radical (unpaired) electrons. The van der Waals surface area contributed by atoms with Crippen LogP contribution in [0, 0.1) is 0 Å². The van der Waals surface area contributed by atoms with Crippen molar-refractivity contribution in [3.05, 3.63) is 70.9 Å². The quantitative estimate of drug-likeness (QED) is 0.154. The van der Waals surface area contributed by atoms with Gasteiger partial charge in [-0.15, -0.1) is 11.8 Å². The molecule has 2 aromatic carbocycles. The van der Waals surface area contributed by atoms with E-state index >= 15 is 0 Å². The number of fused-ring (bicyclic) bond motifs is 1. The van der Waals surface area contributed by atoms with E-state index in [4.69, 9.17) is 26.2 Å². The molecule has 3 atom stereocenters. The number of carbonyl (C=O) groups is 7. The third-order valence-corrected chi connectivity index (χ3v) is 10.1. The zero-order chi connectivity index (χ0) is 43.2. The second kappa shape index (κ2) is 18.5. The zero-order valence-electron chi connectivity index (χ0n) is 31.9. The van der Waals surface area contributed by atoms with E-state index < -0.39 is 95.9 Å². The predicted octanol–water partition coefficient (Wildman–Crippen LogP) is 4.21. The van der Waals surface area contributed by atoms with Crippen molar-refractivity contribution in [1.29, 1.82) is 0 Å². The molecule has 0 spiro atoms. The topological polar surface area (TPSA) is 207 Å². The summed E-state index contributed by atoms with van der Waals surface area (Å²) in [5.74, 6) is -6.46. The minimum Gasteiger partial charge on any atom is -0.481 e. The highest BCUT2D eigenvalue weighted by Gasteiger charge is 2.45. The molecule has 1 aromatic heterocycles. The molecular weight excluding hydrogens is 825 g/mol. The normalized spacial score (nSPS) is 17.7. The van der Waals surface area contributed by atoms with Crippen LogP contribution in [0.5, 0.6) is 5.88 Å². The Hall–Kier alpha value is -5.63. The number of amides is 4. The van der Waals surface area contributed by atoms with E-state index in [0.717, 1.165) is 26.5 Å². The molecule has 2 fully saturated rings. The lowest BCUT2D eigenvalue weighted by Crippen LogP contribution is -2.64. The number of nitrogens with zero attached hydrogens (tertiary/aromatic N) is 4. The fourth-order valence-electron chi connectivity index (χ4n) is 6.18. The van der Waals surface area contributed by atoms with Crippen molar-refractivity contribution in [3.63, 3.8) is 0 Å². The third kappa shape index (κ3) is 11.7. The fraction of sp³-hybridized carbons (Fsp3) is 0.421. The number of alkyl halides is 3. The summed E-state index contributed by atoms with van der Waals surface area (Å²) in [6, 6.07) is 7.79. The van der Waals surface area contributed by atoms with E-state index in [2.05, 4.69) is 15.7 Å². The first-order chi connectivity index (χ1) is 27.7. The van der Waals surface area contributed by atoms with Gasteiger partial charge in [-0.05, 0) is 88.6 Å². The van der Waals surface area contributed by atoms with E-state index in [1.54, 1.807) is 32.9 Å². The highest BCUT2D eigenvalue weighted by atomic mass is 35.5. The molecule has 2 aliphatic heterocycles. The number of thioether (sulfide) groups is 1. The average Bonchev–Trinajstić information content (AvgIpc) is 3.57. The number of aromatic nitrogens is 2. The summed E-state index contributed by atoms with van der Waals surface area (Å²) in [6.45, 7) is 3.84. The molecule has 0 unspecified atom stereocenters. The molecule has 59 heavy (non-hydrogen) atoms. The Bertz CT molecular complexity index is 2090. The molecule has 0 saturated carbocycles. The molecule has 0 bridgehead atoms. The number of esters is 1. The van der Waals surface area contributed by atoms with Crippen molar-refractivity contribution in [3.8, 4) is 11.6 Å². The number of benzene rings is 2. The number of hydrazine groups is 1. The number of carboxylic acid groups (broad SMARTS) is 1. The van der Waals surface area contributed by atoms with E-state index in [0.29, 0.717) is 16.0 Å². The smallest absolute Gasteiger partial charge is 0.435 e. The zero-order valence-corrected chi connectivity index (χ0v) is 33.5. The van der Waals surface area contributed by atoms with Crippen LogP contribution in [-0.4, -0.2) is 109 Å². The van der Waals surface area contributed by atoms with Crippen LogP contribution < -0.4 is 15.4 Å². The third-order valence-electron chi connectivity index (χ3n) is 8.84. The van der Waals surface area contributed by atoms with Crippen LogP contribution in [0.3, 0.4) is 0 Å². The van der Waals surface area contributed by atoms with E-state index in [1.807, 2.05) is 0 Å². The van der Waals surface area contributed by atoms with Crippen LogP contribution in [0.1, 0.15) is 68.9 Å². The Morgan fingerprint density at radius 2 is 1.69 bits per heavy atom. The van der Waals surface area contributed by atoms with Gasteiger partial charge < -0.3 is 25.2 Å². The number of ketones is 1. The van der Waals surface area contributed by atoms with Gasteiger partial charge in [0, 0.05) is 34.5 Å². The summed E-state index contributed by atoms with van der Waals surface area (Å²) in [5, 5.41) is 19.9. The molecule has 21 heteroatoms. The van der Waals surface area contributed by atoms with Gasteiger partial charge >= 0.3 is 18.1 Å². The summed E-state index contributed by atoms with van der Waals surface area (Å²) < 4.78 is 52.8. The summed E-state index contributed by atoms with van der Waals surface area (Å²) >= 11 is 6.98. The fourth-order valence-corrected chi connectivity index (χ4v) is 6.92. The lowest BCUT2D eigenvalue weighted by molar-refractivity contribution is -0.176. The SMILES string of the molecule is CC(C)(C)OC(=O)C[C@H](NC(=O)[C@@H]1CCCN2C(=O)CC[C@H](NC(=O)c3ccc(SCC(=O)O)cc3)C(=O)N12)C(=O)COc1cc(C(F)(F)F)nn1-c1ccc(Cl)cc1. The number of carboxylic acids is 1. The van der Waals surface area contributed by atoms with E-state index in [9.17, 15) is 46.7 Å². The monoisotopic (exact) mass is 864 g/mol. The number of ether oxygens (including phenoxy) is 2. The van der Waals surface area contributed by atoms with E-state index in [1.165, 1.54) is 36.4 Å². The summed E-state index contributed by atoms with van der Waals surface area (Å²) in [4.78, 5) is 92.9. The first-order valence-corrected chi connectivity index (χ1v) is 19.6. The van der Waals surface area contributed by atoms with Crippen LogP contribution >= 0.6 is 23.4 Å². The average molecular weight is 865 g/mol. The number of halogens is 4. The highest BCUT2D eigenvalue weighted by molar-refractivity contribution is 8.00. The van der Waals surface area contributed by atoms with Crippen molar-refractivity contribution in [2.24, 2.45) is 0 Å². The number of nitrogens with one attached hydrogen (secondary N) is 2. The van der Waals surface area contributed by atoms with Crippen LogP contribution in [0.2, 0.25) is 5.02 Å². The van der Waals surface area contributed by atoms with Crippen molar-refractivity contribution in [2.75, 3.05) is 18.9 Å². The number of rotatable bonds is 14. The molecule has 2 aliphatic rings. The second-order valence-electron chi connectivity index (χ2n) is 14.5. The highest BCUT2D eigenvalue weighted by Crippen LogP contribution is 2.33. The van der Waals surface area contributed by atoms with Gasteiger partial charge in [0.2, 0.25) is 17.7 Å². The summed E-state index contributed by atoms with van der Waals surface area (Å²) in [6.07, 6.45) is -5.60. The van der Waals surface area contributed by atoms with Gasteiger partial charge in [-0.25, -0.2) is 9.69 Å². The summed E-state index contributed by atoms with van der Waals surface area (Å²) in [7, 11) is 0. The maximum absolute atomic E-state index is 14.1.